The summed E-state index contributed by atoms with van der Waals surface area (Å²) in [4.78, 5) is 35.8. The summed E-state index contributed by atoms with van der Waals surface area (Å²) in [5.74, 6) is -1.71. The van der Waals surface area contributed by atoms with Crippen molar-refractivity contribution in [3.8, 4) is 0 Å². The van der Waals surface area contributed by atoms with Crippen LogP contribution in [0.2, 0.25) is 0 Å². The average Bonchev–Trinajstić information content (AvgIpc) is 2.42. The molecule has 0 saturated heterocycles. The van der Waals surface area contributed by atoms with Gasteiger partial charge in [-0.3, -0.25) is 4.79 Å². The molecule has 0 aromatic carbocycles. The quantitative estimate of drug-likeness (QED) is 0.600. The molecule has 8 heteroatoms. The maximum atomic E-state index is 12.1. The predicted molar refractivity (Wildman–Crippen MR) is 74.9 cm³/mol. The number of nitrogens with zero attached hydrogens (tertiary/aromatic N) is 1. The van der Waals surface area contributed by atoms with Crippen molar-refractivity contribution in [1.29, 1.82) is 0 Å². The molecule has 0 fully saturated rings. The summed E-state index contributed by atoms with van der Waals surface area (Å²) in [5, 5.41) is 11.5. The number of carbonyl (C=O) groups excluding carboxylic acids is 2. The van der Waals surface area contributed by atoms with E-state index < -0.39 is 24.0 Å². The minimum absolute atomic E-state index is 0.0238. The number of methoxy groups -OCH3 is 2. The van der Waals surface area contributed by atoms with E-state index in [1.165, 1.54) is 19.1 Å². The highest BCUT2D eigenvalue weighted by Gasteiger charge is 2.25. The molecule has 0 unspecified atom stereocenters. The summed E-state index contributed by atoms with van der Waals surface area (Å²) in [7, 11) is 2.74. The number of urea groups is 1. The average molecular weight is 304 g/mol. The van der Waals surface area contributed by atoms with Gasteiger partial charge in [-0.05, 0) is 20.3 Å². The van der Waals surface area contributed by atoms with Gasteiger partial charge in [0.2, 0.25) is 0 Å². The highest BCUT2D eigenvalue weighted by atomic mass is 16.5. The fraction of sp³-hybridized carbons (Fsp3) is 0.769. The minimum atomic E-state index is -1.19. The van der Waals surface area contributed by atoms with E-state index in [1.807, 2.05) is 13.8 Å². The van der Waals surface area contributed by atoms with Gasteiger partial charge >= 0.3 is 18.0 Å². The van der Waals surface area contributed by atoms with Gasteiger partial charge in [0.1, 0.15) is 6.04 Å². The lowest BCUT2D eigenvalue weighted by atomic mass is 10.1. The molecule has 2 amide bonds. The lowest BCUT2D eigenvalue weighted by Gasteiger charge is -2.28. The molecule has 0 heterocycles. The summed E-state index contributed by atoms with van der Waals surface area (Å²) in [5.41, 5.74) is 0. The number of ether oxygens (including phenoxy) is 2. The first-order valence-corrected chi connectivity index (χ1v) is 6.69. The maximum Gasteiger partial charge on any atom is 0.326 e. The normalized spacial score (nSPS) is 11.9. The molecule has 0 aromatic heterocycles. The van der Waals surface area contributed by atoms with Crippen LogP contribution in [0.5, 0.6) is 0 Å². The van der Waals surface area contributed by atoms with Crippen LogP contribution in [-0.2, 0) is 19.1 Å². The standard InChI is InChI=1S/C13H24N2O6/c1-9(2)15(7-8-20-3)13(19)14-10(12(17)18)5-6-11(16)21-4/h9-10H,5-8H2,1-4H3,(H,14,19)(H,17,18)/t10-/m1/s1. The molecule has 0 bridgehead atoms. The van der Waals surface area contributed by atoms with Crippen LogP contribution in [0.4, 0.5) is 4.79 Å². The Morgan fingerprint density at radius 2 is 1.86 bits per heavy atom. The van der Waals surface area contributed by atoms with E-state index in [0.29, 0.717) is 13.2 Å². The Labute approximate surface area is 124 Å². The van der Waals surface area contributed by atoms with Gasteiger partial charge in [-0.2, -0.15) is 0 Å². The topological polar surface area (TPSA) is 105 Å². The molecule has 21 heavy (non-hydrogen) atoms. The van der Waals surface area contributed by atoms with E-state index in [0.717, 1.165) is 0 Å². The van der Waals surface area contributed by atoms with Gasteiger partial charge in [-0.1, -0.05) is 0 Å². The van der Waals surface area contributed by atoms with Gasteiger partial charge in [-0.15, -0.1) is 0 Å². The highest BCUT2D eigenvalue weighted by molar-refractivity contribution is 5.83. The number of nitrogens with one attached hydrogen (secondary N) is 1. The third kappa shape index (κ3) is 7.50. The van der Waals surface area contributed by atoms with Gasteiger partial charge in [0.05, 0.1) is 13.7 Å². The molecule has 0 saturated carbocycles. The maximum absolute atomic E-state index is 12.1. The molecule has 0 rings (SSSR count). The molecule has 0 spiro atoms. The van der Waals surface area contributed by atoms with E-state index in [9.17, 15) is 14.4 Å². The molecule has 8 nitrogen and oxygen atoms in total. The Bertz CT molecular complexity index is 359. The summed E-state index contributed by atoms with van der Waals surface area (Å²) >= 11 is 0. The lowest BCUT2D eigenvalue weighted by molar-refractivity contribution is -0.142. The van der Waals surface area contributed by atoms with Crippen LogP contribution >= 0.6 is 0 Å². The molecule has 0 radical (unpaired) electrons. The lowest BCUT2D eigenvalue weighted by Crippen LogP contribution is -2.51. The number of hydrogen-bond donors (Lipinski definition) is 2. The summed E-state index contributed by atoms with van der Waals surface area (Å²) in [6.45, 7) is 4.34. The fourth-order valence-corrected chi connectivity index (χ4v) is 1.64. The predicted octanol–water partition coefficient (Wildman–Crippen LogP) is 0.459. The van der Waals surface area contributed by atoms with E-state index in [2.05, 4.69) is 10.1 Å². The first-order chi connectivity index (χ1) is 9.83. The van der Waals surface area contributed by atoms with Crippen molar-refractivity contribution in [2.45, 2.75) is 38.8 Å². The van der Waals surface area contributed by atoms with Gasteiger partial charge in [0.25, 0.3) is 0 Å². The van der Waals surface area contributed by atoms with Crippen molar-refractivity contribution in [3.63, 3.8) is 0 Å². The summed E-state index contributed by atoms with van der Waals surface area (Å²) in [6.07, 6.45) is -0.0997. The minimum Gasteiger partial charge on any atom is -0.480 e. The van der Waals surface area contributed by atoms with Crippen molar-refractivity contribution in [1.82, 2.24) is 10.2 Å². The van der Waals surface area contributed by atoms with Gasteiger partial charge in [-0.25, -0.2) is 9.59 Å². The number of carboxylic acid groups (broad SMARTS) is 1. The zero-order valence-corrected chi connectivity index (χ0v) is 12.9. The Morgan fingerprint density at radius 1 is 1.24 bits per heavy atom. The molecule has 2 N–H and O–H groups in total. The monoisotopic (exact) mass is 304 g/mol. The van der Waals surface area contributed by atoms with Crippen LogP contribution < -0.4 is 5.32 Å². The van der Waals surface area contributed by atoms with Gasteiger partial charge in [0.15, 0.2) is 0 Å². The Balaban J connectivity index is 4.62. The van der Waals surface area contributed by atoms with Gasteiger partial charge in [0, 0.05) is 26.1 Å². The van der Waals surface area contributed by atoms with Crippen molar-refractivity contribution in [2.24, 2.45) is 0 Å². The van der Waals surface area contributed by atoms with Crippen LogP contribution in [0.3, 0.4) is 0 Å². The van der Waals surface area contributed by atoms with E-state index in [-0.39, 0.29) is 18.9 Å². The fourth-order valence-electron chi connectivity index (χ4n) is 1.64. The number of amides is 2. The van der Waals surface area contributed by atoms with Crippen molar-refractivity contribution < 1.29 is 29.0 Å². The molecular weight excluding hydrogens is 280 g/mol. The molecule has 0 aromatic rings. The zero-order chi connectivity index (χ0) is 16.4. The van der Waals surface area contributed by atoms with E-state index in [4.69, 9.17) is 9.84 Å². The van der Waals surface area contributed by atoms with E-state index in [1.54, 1.807) is 0 Å². The second-order valence-electron chi connectivity index (χ2n) is 4.74. The number of hydrogen-bond acceptors (Lipinski definition) is 5. The number of carbonyl (C=O) groups is 3. The highest BCUT2D eigenvalue weighted by Crippen LogP contribution is 2.04. The van der Waals surface area contributed by atoms with Crippen molar-refractivity contribution in [2.75, 3.05) is 27.4 Å². The molecule has 0 aliphatic carbocycles. The third-order valence-electron chi connectivity index (χ3n) is 2.88. The molecule has 0 aliphatic heterocycles. The molecule has 122 valence electrons. The Hall–Kier alpha value is -1.83. The first kappa shape index (κ1) is 19.2. The van der Waals surface area contributed by atoms with Crippen molar-refractivity contribution in [3.05, 3.63) is 0 Å². The van der Waals surface area contributed by atoms with Crippen LogP contribution in [0.15, 0.2) is 0 Å². The second kappa shape index (κ2) is 9.98. The number of esters is 1. The van der Waals surface area contributed by atoms with Crippen LogP contribution in [0, 0.1) is 0 Å². The molecular formula is C13H24N2O6. The summed E-state index contributed by atoms with van der Waals surface area (Å²) in [6, 6.07) is -1.74. The summed E-state index contributed by atoms with van der Waals surface area (Å²) < 4.78 is 9.37. The molecule has 1 atom stereocenters. The first-order valence-electron chi connectivity index (χ1n) is 6.69. The van der Waals surface area contributed by atoms with Crippen LogP contribution in [0.1, 0.15) is 26.7 Å². The Morgan fingerprint density at radius 3 is 2.29 bits per heavy atom. The smallest absolute Gasteiger partial charge is 0.326 e. The Kier molecular flexibility index (Phi) is 9.11. The molecule has 0 aliphatic rings. The third-order valence-corrected chi connectivity index (χ3v) is 2.88. The van der Waals surface area contributed by atoms with Crippen LogP contribution in [0.25, 0.3) is 0 Å². The number of aliphatic carboxylic acids is 1. The van der Waals surface area contributed by atoms with Gasteiger partial charge < -0.3 is 24.8 Å². The number of carboxylic acids is 1. The largest absolute Gasteiger partial charge is 0.480 e. The zero-order valence-electron chi connectivity index (χ0n) is 12.9. The SMILES string of the molecule is COCCN(C(=O)N[C@H](CCC(=O)OC)C(=O)O)C(C)C. The van der Waals surface area contributed by atoms with Crippen molar-refractivity contribution >= 4 is 18.0 Å². The second-order valence-corrected chi connectivity index (χ2v) is 4.74. The van der Waals surface area contributed by atoms with E-state index >= 15 is 0 Å². The number of rotatable bonds is 9. The van der Waals surface area contributed by atoms with Crippen LogP contribution in [-0.4, -0.2) is 67.4 Å².